The van der Waals surface area contributed by atoms with E-state index in [-0.39, 0.29) is 17.1 Å². The van der Waals surface area contributed by atoms with E-state index in [0.717, 1.165) is 24.0 Å². The van der Waals surface area contributed by atoms with Crippen LogP contribution < -0.4 is 0 Å². The van der Waals surface area contributed by atoms with Crippen LogP contribution in [0.2, 0.25) is 0 Å². The van der Waals surface area contributed by atoms with Crippen molar-refractivity contribution in [2.24, 2.45) is 11.3 Å². The third-order valence-corrected chi connectivity index (χ3v) is 5.44. The monoisotopic (exact) mass is 280 g/mol. The molecule has 2 fully saturated rings. The number of allylic oxidation sites excluding steroid dienone is 1. The van der Waals surface area contributed by atoms with Crippen LogP contribution in [0.3, 0.4) is 0 Å². The molecule has 1 heterocycles. The predicted molar refractivity (Wildman–Crippen MR) is 74.1 cm³/mol. The maximum Gasteiger partial charge on any atom is 0.172 e. The van der Waals surface area contributed by atoms with Gasteiger partial charge in [-0.1, -0.05) is 19.4 Å². The molecule has 4 heteroatoms. The van der Waals surface area contributed by atoms with Crippen molar-refractivity contribution in [2.75, 3.05) is 13.2 Å². The van der Waals surface area contributed by atoms with E-state index in [2.05, 4.69) is 13.8 Å². The molecule has 0 aromatic rings. The Kier molecular flexibility index (Phi) is 3.31. The zero-order valence-electron chi connectivity index (χ0n) is 12.6. The molecule has 2 atom stereocenters. The number of aliphatic hydroxyl groups is 1. The maximum absolute atomic E-state index is 12.2. The predicted octanol–water partition coefficient (Wildman–Crippen LogP) is 2.21. The van der Waals surface area contributed by atoms with E-state index in [4.69, 9.17) is 9.47 Å². The van der Waals surface area contributed by atoms with E-state index in [1.807, 2.05) is 6.92 Å². The van der Waals surface area contributed by atoms with E-state index in [0.29, 0.717) is 26.1 Å². The molecule has 2 bridgehead atoms. The molecule has 0 amide bonds. The van der Waals surface area contributed by atoms with Crippen molar-refractivity contribution in [3.63, 3.8) is 0 Å². The lowest BCUT2D eigenvalue weighted by Crippen LogP contribution is -2.53. The van der Waals surface area contributed by atoms with Crippen molar-refractivity contribution in [3.05, 3.63) is 11.1 Å². The minimum atomic E-state index is -0.952. The van der Waals surface area contributed by atoms with Gasteiger partial charge < -0.3 is 14.6 Å². The number of hydrogen-bond acceptors (Lipinski definition) is 4. The molecule has 1 spiro atoms. The Balaban J connectivity index is 2.11. The highest BCUT2D eigenvalue weighted by atomic mass is 16.7. The first-order valence-electron chi connectivity index (χ1n) is 7.57. The standard InChI is InChI=1S/C16H24O4/c1-10-4-5-12-15(2,3)13(10)14(18)11(17)6-7-16(12)19-8-9-20-16/h12,14,18H,4-9H2,1-3H3/t12?,14-/m1/s1. The molecule has 0 radical (unpaired) electrons. The number of Topliss-reactive ketones (excluding diaryl/α,β-unsaturated/α-hetero) is 1. The summed E-state index contributed by atoms with van der Waals surface area (Å²) in [7, 11) is 0. The lowest BCUT2D eigenvalue weighted by atomic mass is 9.59. The van der Waals surface area contributed by atoms with Crippen molar-refractivity contribution in [2.45, 2.75) is 58.3 Å². The van der Waals surface area contributed by atoms with E-state index >= 15 is 0 Å². The fourth-order valence-corrected chi connectivity index (χ4v) is 4.53. The van der Waals surface area contributed by atoms with Gasteiger partial charge in [0.25, 0.3) is 0 Å². The molecule has 1 unspecified atom stereocenters. The Hall–Kier alpha value is -0.710. The van der Waals surface area contributed by atoms with Crippen LogP contribution in [0.4, 0.5) is 0 Å². The smallest absolute Gasteiger partial charge is 0.172 e. The quantitative estimate of drug-likeness (QED) is 0.691. The molecule has 0 aromatic heterocycles. The first kappa shape index (κ1) is 14.2. The van der Waals surface area contributed by atoms with Crippen LogP contribution >= 0.6 is 0 Å². The second-order valence-corrected chi connectivity index (χ2v) is 6.88. The second kappa shape index (κ2) is 4.65. The molecule has 3 rings (SSSR count). The third kappa shape index (κ3) is 1.89. The number of ether oxygens (including phenoxy) is 2. The van der Waals surface area contributed by atoms with E-state index in [9.17, 15) is 9.90 Å². The Morgan fingerprint density at radius 2 is 1.85 bits per heavy atom. The van der Waals surface area contributed by atoms with Gasteiger partial charge in [-0.25, -0.2) is 0 Å². The van der Waals surface area contributed by atoms with Gasteiger partial charge in [0, 0.05) is 18.8 Å². The number of carbonyl (C=O) groups excluding carboxylic acids is 1. The number of rotatable bonds is 0. The molecule has 4 nitrogen and oxygen atoms in total. The minimum Gasteiger partial charge on any atom is -0.381 e. The highest BCUT2D eigenvalue weighted by Crippen LogP contribution is 2.55. The van der Waals surface area contributed by atoms with Gasteiger partial charge in [-0.15, -0.1) is 0 Å². The average molecular weight is 280 g/mol. The van der Waals surface area contributed by atoms with Gasteiger partial charge in [-0.3, -0.25) is 4.79 Å². The summed E-state index contributed by atoms with van der Waals surface area (Å²) in [6.45, 7) is 7.46. The molecule has 112 valence electrons. The molecule has 2 aliphatic carbocycles. The molecular weight excluding hydrogens is 256 g/mol. The van der Waals surface area contributed by atoms with Gasteiger partial charge in [0.2, 0.25) is 0 Å². The molecule has 3 aliphatic rings. The topological polar surface area (TPSA) is 55.8 Å². The molecule has 20 heavy (non-hydrogen) atoms. The highest BCUT2D eigenvalue weighted by molar-refractivity contribution is 5.86. The summed E-state index contributed by atoms with van der Waals surface area (Å²) in [5.74, 6) is -0.546. The summed E-state index contributed by atoms with van der Waals surface area (Å²) in [6.07, 6.45) is 1.82. The van der Waals surface area contributed by atoms with E-state index in [1.54, 1.807) is 0 Å². The van der Waals surface area contributed by atoms with Crippen molar-refractivity contribution < 1.29 is 19.4 Å². The Bertz CT molecular complexity index is 457. The number of carbonyl (C=O) groups is 1. The zero-order valence-corrected chi connectivity index (χ0v) is 12.6. The number of aliphatic hydroxyl groups excluding tert-OH is 1. The lowest BCUT2D eigenvalue weighted by molar-refractivity contribution is -0.227. The van der Waals surface area contributed by atoms with Crippen LogP contribution in [0.15, 0.2) is 11.1 Å². The summed E-state index contributed by atoms with van der Waals surface area (Å²) in [6, 6.07) is 0. The van der Waals surface area contributed by atoms with Gasteiger partial charge in [0.1, 0.15) is 6.10 Å². The van der Waals surface area contributed by atoms with Crippen LogP contribution in [0.1, 0.15) is 46.5 Å². The first-order chi connectivity index (χ1) is 9.38. The largest absolute Gasteiger partial charge is 0.381 e. The van der Waals surface area contributed by atoms with Gasteiger partial charge in [-0.05, 0) is 30.8 Å². The van der Waals surface area contributed by atoms with Gasteiger partial charge in [-0.2, -0.15) is 0 Å². The molecule has 1 saturated carbocycles. The number of hydrogen-bond donors (Lipinski definition) is 1. The molecule has 0 aromatic carbocycles. The fourth-order valence-electron chi connectivity index (χ4n) is 4.53. The first-order valence-corrected chi connectivity index (χ1v) is 7.57. The average Bonchev–Trinajstić information content (AvgIpc) is 2.83. The molecule has 1 aliphatic heterocycles. The summed E-state index contributed by atoms with van der Waals surface area (Å²) in [5.41, 5.74) is 1.78. The van der Waals surface area contributed by atoms with Crippen LogP contribution in [0.5, 0.6) is 0 Å². The summed E-state index contributed by atoms with van der Waals surface area (Å²) < 4.78 is 12.0. The van der Waals surface area contributed by atoms with Crippen molar-refractivity contribution in [1.82, 2.24) is 0 Å². The summed E-state index contributed by atoms with van der Waals surface area (Å²) >= 11 is 0. The van der Waals surface area contributed by atoms with Crippen molar-refractivity contribution >= 4 is 5.78 Å². The second-order valence-electron chi connectivity index (χ2n) is 6.88. The van der Waals surface area contributed by atoms with Crippen LogP contribution in [0, 0.1) is 11.3 Å². The SMILES string of the molecule is CC1=C2[C@H](O)C(=O)CCC3(OCCO3)C(CC1)C2(C)C. The van der Waals surface area contributed by atoms with Crippen LogP contribution in [-0.2, 0) is 14.3 Å². The number of ketones is 1. The highest BCUT2D eigenvalue weighted by Gasteiger charge is 2.56. The minimum absolute atomic E-state index is 0.105. The fraction of sp³-hybridized carbons (Fsp3) is 0.812. The van der Waals surface area contributed by atoms with Crippen molar-refractivity contribution in [3.8, 4) is 0 Å². The van der Waals surface area contributed by atoms with Gasteiger partial charge >= 0.3 is 0 Å². The normalized spacial score (nSPS) is 36.1. The van der Waals surface area contributed by atoms with E-state index in [1.165, 1.54) is 0 Å². The van der Waals surface area contributed by atoms with Crippen LogP contribution in [0.25, 0.3) is 0 Å². The molecule has 1 N–H and O–H groups in total. The molecular formula is C16H24O4. The van der Waals surface area contributed by atoms with Gasteiger partial charge in [0.15, 0.2) is 11.6 Å². The molecule has 1 saturated heterocycles. The summed E-state index contributed by atoms with van der Waals surface area (Å²) in [4.78, 5) is 12.2. The van der Waals surface area contributed by atoms with Crippen LogP contribution in [-0.4, -0.2) is 36.0 Å². The van der Waals surface area contributed by atoms with Gasteiger partial charge in [0.05, 0.1) is 13.2 Å². The van der Waals surface area contributed by atoms with E-state index < -0.39 is 11.9 Å². The maximum atomic E-state index is 12.2. The Morgan fingerprint density at radius 1 is 1.20 bits per heavy atom. The Labute approximate surface area is 120 Å². The third-order valence-electron chi connectivity index (χ3n) is 5.44. The zero-order chi connectivity index (χ0) is 14.5. The number of fused-ring (bicyclic) bond motifs is 3. The Morgan fingerprint density at radius 3 is 2.50 bits per heavy atom. The summed E-state index contributed by atoms with van der Waals surface area (Å²) in [5, 5.41) is 10.4. The van der Waals surface area contributed by atoms with Crippen molar-refractivity contribution in [1.29, 1.82) is 0 Å². The lowest BCUT2D eigenvalue weighted by Gasteiger charge is -2.51.